The predicted molar refractivity (Wildman–Crippen MR) is 191 cm³/mol. The number of nitrogens with two attached hydrogens (primary N) is 1. The molecule has 0 aliphatic carbocycles. The fourth-order valence-electron chi connectivity index (χ4n) is 5.61. The maximum absolute atomic E-state index is 13.8. The molecule has 0 radical (unpaired) electrons. The SMILES string of the molecule is C[C@@H]1CN([C@H](C)CO)C(=O)c2cccc(NS(=O)(=O)c3ccc(Cl)cc3)c2O[C@@H]1CN(C)Cc1ccc(C(=O)Nc2ccccc2N)cc1. The molecule has 11 nitrogen and oxygen atoms in total. The van der Waals surface area contributed by atoms with Crippen molar-refractivity contribution in [1.82, 2.24) is 9.80 Å². The van der Waals surface area contributed by atoms with E-state index in [0.717, 1.165) is 5.56 Å². The van der Waals surface area contributed by atoms with E-state index >= 15 is 0 Å². The van der Waals surface area contributed by atoms with Gasteiger partial charge in [0.2, 0.25) is 0 Å². The van der Waals surface area contributed by atoms with Gasteiger partial charge in [0.15, 0.2) is 5.75 Å². The zero-order valence-corrected chi connectivity index (χ0v) is 29.0. The Labute approximate surface area is 291 Å². The van der Waals surface area contributed by atoms with Crippen molar-refractivity contribution >= 4 is 50.5 Å². The number of benzene rings is 4. The maximum Gasteiger partial charge on any atom is 0.262 e. The lowest BCUT2D eigenvalue weighted by atomic mass is 9.99. The van der Waals surface area contributed by atoms with Gasteiger partial charge in [-0.15, -0.1) is 0 Å². The second-order valence-corrected chi connectivity index (χ2v) is 14.4. The van der Waals surface area contributed by atoms with Crippen molar-refractivity contribution in [2.24, 2.45) is 5.92 Å². The van der Waals surface area contributed by atoms with Gasteiger partial charge in [-0.25, -0.2) is 8.42 Å². The summed E-state index contributed by atoms with van der Waals surface area (Å²) in [5, 5.41) is 13.2. The zero-order chi connectivity index (χ0) is 35.3. The lowest BCUT2D eigenvalue weighted by Gasteiger charge is -2.38. The number of aliphatic hydroxyl groups excluding tert-OH is 1. The van der Waals surface area contributed by atoms with E-state index in [4.69, 9.17) is 22.1 Å². The summed E-state index contributed by atoms with van der Waals surface area (Å²) in [5.41, 5.74) is 8.73. The molecule has 49 heavy (non-hydrogen) atoms. The number of aliphatic hydroxyl groups is 1. The Balaban J connectivity index is 1.37. The number of halogens is 1. The van der Waals surface area contributed by atoms with Crippen molar-refractivity contribution in [3.05, 3.63) is 113 Å². The Bertz CT molecular complexity index is 1910. The Hall–Kier alpha value is -4.62. The molecule has 0 bridgehead atoms. The summed E-state index contributed by atoms with van der Waals surface area (Å²) in [7, 11) is -2.13. The second kappa shape index (κ2) is 15.3. The number of rotatable bonds is 11. The molecule has 1 aliphatic rings. The van der Waals surface area contributed by atoms with Gasteiger partial charge in [-0.3, -0.25) is 19.2 Å². The zero-order valence-electron chi connectivity index (χ0n) is 27.5. The number of nitrogens with one attached hydrogen (secondary N) is 2. The molecule has 5 rings (SSSR count). The minimum Gasteiger partial charge on any atom is -0.486 e. The van der Waals surface area contributed by atoms with Gasteiger partial charge in [0, 0.05) is 36.1 Å². The van der Waals surface area contributed by atoms with Crippen molar-refractivity contribution in [2.45, 2.75) is 37.4 Å². The summed E-state index contributed by atoms with van der Waals surface area (Å²) >= 11 is 5.97. The first-order chi connectivity index (χ1) is 23.4. The van der Waals surface area contributed by atoms with Gasteiger partial charge in [-0.1, -0.05) is 48.9 Å². The standard InChI is InChI=1S/C36H40ClN5O6S/c1-23-19-42(24(2)22-43)36(45)29-7-6-10-32(40-49(46,47)28-17-15-27(37)16-18-28)34(29)48-33(23)21-41(3)20-25-11-13-26(14-12-25)35(44)39-31-9-5-4-8-30(31)38/h4-18,23-24,33,40,43H,19-22,38H2,1-3H3,(H,39,44)/t23-,24-,33-/m1/s1. The van der Waals surface area contributed by atoms with Gasteiger partial charge >= 0.3 is 0 Å². The van der Waals surface area contributed by atoms with Crippen LogP contribution >= 0.6 is 11.6 Å². The van der Waals surface area contributed by atoms with Gasteiger partial charge in [0.25, 0.3) is 21.8 Å². The molecule has 1 heterocycles. The Morgan fingerprint density at radius 2 is 1.71 bits per heavy atom. The Morgan fingerprint density at radius 1 is 1.04 bits per heavy atom. The molecule has 4 aromatic rings. The number of para-hydroxylation sites is 3. The normalized spacial score (nSPS) is 17.0. The van der Waals surface area contributed by atoms with E-state index in [1.807, 2.05) is 26.1 Å². The highest BCUT2D eigenvalue weighted by molar-refractivity contribution is 7.92. The number of nitrogens with zero attached hydrogens (tertiary/aromatic N) is 2. The molecule has 0 aromatic heterocycles. The van der Waals surface area contributed by atoms with Crippen LogP contribution in [0.2, 0.25) is 5.02 Å². The number of anilines is 3. The van der Waals surface area contributed by atoms with Crippen molar-refractivity contribution in [3.63, 3.8) is 0 Å². The number of hydrogen-bond donors (Lipinski definition) is 4. The molecule has 4 aromatic carbocycles. The fourth-order valence-corrected chi connectivity index (χ4v) is 6.80. The van der Waals surface area contributed by atoms with E-state index in [1.165, 1.54) is 24.3 Å². The topological polar surface area (TPSA) is 154 Å². The van der Waals surface area contributed by atoms with Crippen LogP contribution in [0, 0.1) is 5.92 Å². The van der Waals surface area contributed by atoms with Gasteiger partial charge in [-0.2, -0.15) is 0 Å². The van der Waals surface area contributed by atoms with Crippen LogP contribution < -0.4 is 20.5 Å². The lowest BCUT2D eigenvalue weighted by molar-refractivity contribution is 0.0344. The Kier molecular flexibility index (Phi) is 11.1. The second-order valence-electron chi connectivity index (χ2n) is 12.3. The minimum atomic E-state index is -4.06. The largest absolute Gasteiger partial charge is 0.486 e. The summed E-state index contributed by atoms with van der Waals surface area (Å²) in [6.07, 6.45) is -0.479. The smallest absolute Gasteiger partial charge is 0.262 e. The molecule has 258 valence electrons. The number of likely N-dealkylation sites (N-methyl/N-ethyl adjacent to an activating group) is 1. The molecule has 0 unspecified atom stereocenters. The molecule has 13 heteroatoms. The summed E-state index contributed by atoms with van der Waals surface area (Å²) < 4.78 is 35.9. The fraction of sp³-hybridized carbons (Fsp3) is 0.278. The van der Waals surface area contributed by atoms with E-state index in [1.54, 1.807) is 66.4 Å². The van der Waals surface area contributed by atoms with E-state index in [9.17, 15) is 23.1 Å². The number of carbonyl (C=O) groups excluding carboxylic acids is 2. The molecule has 0 saturated carbocycles. The van der Waals surface area contributed by atoms with E-state index in [0.29, 0.717) is 41.6 Å². The first-order valence-electron chi connectivity index (χ1n) is 15.8. The first-order valence-corrected chi connectivity index (χ1v) is 17.7. The number of hydrogen-bond acceptors (Lipinski definition) is 8. The average Bonchev–Trinajstić information content (AvgIpc) is 3.07. The molecule has 0 spiro atoms. The molecule has 0 fully saturated rings. The highest BCUT2D eigenvalue weighted by Crippen LogP contribution is 2.36. The number of fused-ring (bicyclic) bond motifs is 1. The van der Waals surface area contributed by atoms with Gasteiger partial charge in [0.05, 0.1) is 40.2 Å². The van der Waals surface area contributed by atoms with Gasteiger partial charge in [-0.05, 0) is 80.2 Å². The molecule has 2 amide bonds. The van der Waals surface area contributed by atoms with E-state index in [-0.39, 0.29) is 46.2 Å². The highest BCUT2D eigenvalue weighted by atomic mass is 35.5. The maximum atomic E-state index is 13.8. The van der Waals surface area contributed by atoms with Crippen LogP contribution in [0.3, 0.4) is 0 Å². The molecule has 1 aliphatic heterocycles. The summed E-state index contributed by atoms with van der Waals surface area (Å²) in [6.45, 7) is 4.74. The number of carbonyl (C=O) groups is 2. The molecular weight excluding hydrogens is 666 g/mol. The third-order valence-electron chi connectivity index (χ3n) is 8.43. The molecule has 0 saturated heterocycles. The minimum absolute atomic E-state index is 0.000416. The van der Waals surface area contributed by atoms with Gasteiger partial charge in [0.1, 0.15) is 6.10 Å². The number of nitrogen functional groups attached to an aromatic ring is 1. The number of ether oxygens (including phenoxy) is 1. The van der Waals surface area contributed by atoms with Crippen LogP contribution in [0.5, 0.6) is 5.75 Å². The highest BCUT2D eigenvalue weighted by Gasteiger charge is 2.35. The number of amides is 2. The molecule has 5 N–H and O–H groups in total. The van der Waals surface area contributed by atoms with Crippen LogP contribution in [0.25, 0.3) is 0 Å². The summed E-state index contributed by atoms with van der Waals surface area (Å²) in [5.74, 6) is -0.737. The van der Waals surface area contributed by atoms with Gasteiger partial charge < -0.3 is 25.8 Å². The first kappa shape index (κ1) is 35.7. The summed E-state index contributed by atoms with van der Waals surface area (Å²) in [6, 6.07) is 24.3. The van der Waals surface area contributed by atoms with Crippen molar-refractivity contribution in [2.75, 3.05) is 42.5 Å². The third kappa shape index (κ3) is 8.52. The Morgan fingerprint density at radius 3 is 2.39 bits per heavy atom. The lowest BCUT2D eigenvalue weighted by Crippen LogP contribution is -2.49. The van der Waals surface area contributed by atoms with Crippen LogP contribution in [0.1, 0.15) is 40.1 Å². The predicted octanol–water partition coefficient (Wildman–Crippen LogP) is 5.33. The summed E-state index contributed by atoms with van der Waals surface area (Å²) in [4.78, 5) is 30.3. The average molecular weight is 706 g/mol. The van der Waals surface area contributed by atoms with Crippen LogP contribution in [-0.2, 0) is 16.6 Å². The van der Waals surface area contributed by atoms with E-state index < -0.39 is 22.2 Å². The monoisotopic (exact) mass is 705 g/mol. The van der Waals surface area contributed by atoms with Crippen LogP contribution in [0.15, 0.2) is 95.9 Å². The third-order valence-corrected chi connectivity index (χ3v) is 10.1. The van der Waals surface area contributed by atoms with E-state index in [2.05, 4.69) is 14.9 Å². The number of sulfonamides is 1. The van der Waals surface area contributed by atoms with Crippen molar-refractivity contribution in [1.29, 1.82) is 0 Å². The van der Waals surface area contributed by atoms with Crippen molar-refractivity contribution < 1.29 is 27.9 Å². The molecular formula is C36H40ClN5O6S. The van der Waals surface area contributed by atoms with Crippen LogP contribution in [0.4, 0.5) is 17.1 Å². The van der Waals surface area contributed by atoms with Crippen LogP contribution in [-0.4, -0.2) is 74.0 Å². The quantitative estimate of drug-likeness (QED) is 0.153. The molecule has 3 atom stereocenters. The van der Waals surface area contributed by atoms with Crippen molar-refractivity contribution in [3.8, 4) is 5.75 Å².